The fraction of sp³-hybridized carbons (Fsp3) is 0.125. The third-order valence-corrected chi connectivity index (χ3v) is 3.62. The summed E-state index contributed by atoms with van der Waals surface area (Å²) in [5.74, 6) is 0. The lowest BCUT2D eigenvalue weighted by Gasteiger charge is -2.15. The van der Waals surface area contributed by atoms with Crippen LogP contribution in [0.5, 0.6) is 0 Å². The number of halogens is 1. The van der Waals surface area contributed by atoms with Gasteiger partial charge in [-0.1, -0.05) is 41.9 Å². The highest BCUT2D eigenvalue weighted by Crippen LogP contribution is 2.26. The minimum atomic E-state index is 0.324. The highest BCUT2D eigenvalue weighted by atomic mass is 35.5. The normalized spacial score (nSPS) is 12.8. The molecule has 2 aromatic carbocycles. The van der Waals surface area contributed by atoms with Crippen LogP contribution in [0.2, 0.25) is 5.02 Å². The zero-order valence-corrected chi connectivity index (χ0v) is 10.9. The van der Waals surface area contributed by atoms with Gasteiger partial charge in [0.05, 0.1) is 6.04 Å². The molecule has 0 saturated carbocycles. The lowest BCUT2D eigenvalue weighted by Crippen LogP contribution is -2.04. The smallest absolute Gasteiger partial charge is 0.0557 e. The molecular formula is C16H14ClN. The van der Waals surface area contributed by atoms with Crippen molar-refractivity contribution >= 4 is 22.5 Å². The molecule has 0 aliphatic rings. The van der Waals surface area contributed by atoms with Crippen LogP contribution >= 0.6 is 11.6 Å². The first-order valence-corrected chi connectivity index (χ1v) is 6.44. The molecule has 3 aromatic rings. The molecule has 1 unspecified atom stereocenters. The summed E-state index contributed by atoms with van der Waals surface area (Å²) in [6.45, 7) is 2.21. The Labute approximate surface area is 112 Å². The molecule has 0 amide bonds. The predicted octanol–water partition coefficient (Wildman–Crippen LogP) is 4.90. The van der Waals surface area contributed by atoms with Crippen molar-refractivity contribution in [1.82, 2.24) is 4.57 Å². The Morgan fingerprint density at radius 1 is 1.00 bits per heavy atom. The third kappa shape index (κ3) is 1.91. The largest absolute Gasteiger partial charge is 0.340 e. The molecule has 1 nitrogen and oxygen atoms in total. The van der Waals surface area contributed by atoms with Crippen molar-refractivity contribution < 1.29 is 0 Å². The van der Waals surface area contributed by atoms with Crippen molar-refractivity contribution in [1.29, 1.82) is 0 Å². The molecule has 0 bridgehead atoms. The van der Waals surface area contributed by atoms with Gasteiger partial charge in [-0.15, -0.1) is 0 Å². The van der Waals surface area contributed by atoms with Crippen LogP contribution in [0.25, 0.3) is 10.9 Å². The number of hydrogen-bond acceptors (Lipinski definition) is 0. The molecule has 0 aliphatic heterocycles. The Hall–Kier alpha value is -1.73. The fourth-order valence-electron chi connectivity index (χ4n) is 2.36. The quantitative estimate of drug-likeness (QED) is 0.614. The van der Waals surface area contributed by atoms with Crippen LogP contribution in [0.3, 0.4) is 0 Å². The molecule has 0 aliphatic carbocycles. The van der Waals surface area contributed by atoms with Crippen LogP contribution in [-0.2, 0) is 0 Å². The maximum atomic E-state index is 6.02. The van der Waals surface area contributed by atoms with Gasteiger partial charge in [0.2, 0.25) is 0 Å². The van der Waals surface area contributed by atoms with Gasteiger partial charge in [-0.25, -0.2) is 0 Å². The van der Waals surface area contributed by atoms with E-state index in [9.17, 15) is 0 Å². The minimum Gasteiger partial charge on any atom is -0.340 e. The van der Waals surface area contributed by atoms with E-state index < -0.39 is 0 Å². The Balaban J connectivity index is 2.10. The average molecular weight is 256 g/mol. The molecule has 1 atom stereocenters. The van der Waals surface area contributed by atoms with E-state index >= 15 is 0 Å². The van der Waals surface area contributed by atoms with E-state index in [1.807, 2.05) is 18.2 Å². The van der Waals surface area contributed by atoms with Crippen LogP contribution in [0.15, 0.2) is 60.8 Å². The van der Waals surface area contributed by atoms with Crippen LogP contribution < -0.4 is 0 Å². The van der Waals surface area contributed by atoms with E-state index in [0.717, 1.165) is 5.02 Å². The monoisotopic (exact) mass is 255 g/mol. The molecule has 0 radical (unpaired) electrons. The third-order valence-electron chi connectivity index (χ3n) is 3.38. The van der Waals surface area contributed by atoms with E-state index in [4.69, 9.17) is 11.6 Å². The first-order valence-electron chi connectivity index (χ1n) is 6.07. The van der Waals surface area contributed by atoms with Crippen molar-refractivity contribution in [2.45, 2.75) is 13.0 Å². The van der Waals surface area contributed by atoms with E-state index in [1.54, 1.807) is 0 Å². The van der Waals surface area contributed by atoms with Crippen molar-refractivity contribution in [3.63, 3.8) is 0 Å². The highest BCUT2D eigenvalue weighted by molar-refractivity contribution is 6.31. The number of fused-ring (bicyclic) bond motifs is 1. The molecule has 0 spiro atoms. The second-order valence-electron chi connectivity index (χ2n) is 4.51. The summed E-state index contributed by atoms with van der Waals surface area (Å²) in [7, 11) is 0. The lowest BCUT2D eigenvalue weighted by atomic mass is 10.1. The van der Waals surface area contributed by atoms with E-state index in [1.165, 1.54) is 16.5 Å². The fourth-order valence-corrected chi connectivity index (χ4v) is 2.55. The molecule has 0 fully saturated rings. The van der Waals surface area contributed by atoms with Gasteiger partial charge in [-0.2, -0.15) is 0 Å². The standard InChI is InChI=1S/C16H14ClN/c1-12(13-5-3-2-4-6-13)18-10-9-14-11-15(17)7-8-16(14)18/h2-12H,1H3. The van der Waals surface area contributed by atoms with E-state index in [2.05, 4.69) is 54.1 Å². The summed E-state index contributed by atoms with van der Waals surface area (Å²) in [5, 5.41) is 1.97. The van der Waals surface area contributed by atoms with Crippen LogP contribution in [0.1, 0.15) is 18.5 Å². The van der Waals surface area contributed by atoms with Gasteiger partial charge in [0.15, 0.2) is 0 Å². The summed E-state index contributed by atoms with van der Waals surface area (Å²) in [6.07, 6.45) is 2.12. The number of nitrogens with zero attached hydrogens (tertiary/aromatic N) is 1. The first kappa shape index (κ1) is 11.4. The number of hydrogen-bond donors (Lipinski definition) is 0. The number of aromatic nitrogens is 1. The SMILES string of the molecule is CC(c1ccccc1)n1ccc2cc(Cl)ccc21. The zero-order valence-electron chi connectivity index (χ0n) is 10.2. The predicted molar refractivity (Wildman–Crippen MR) is 77.2 cm³/mol. The number of rotatable bonds is 2. The molecule has 3 rings (SSSR count). The van der Waals surface area contributed by atoms with Crippen molar-refractivity contribution in [2.75, 3.05) is 0 Å². The van der Waals surface area contributed by atoms with Gasteiger partial charge < -0.3 is 4.57 Å². The molecule has 2 heteroatoms. The molecule has 18 heavy (non-hydrogen) atoms. The second kappa shape index (κ2) is 4.51. The zero-order chi connectivity index (χ0) is 12.5. The van der Waals surface area contributed by atoms with Crippen LogP contribution in [0.4, 0.5) is 0 Å². The summed E-state index contributed by atoms with van der Waals surface area (Å²) in [5.41, 5.74) is 2.53. The molecule has 90 valence electrons. The van der Waals surface area contributed by atoms with Crippen molar-refractivity contribution in [2.24, 2.45) is 0 Å². The summed E-state index contributed by atoms with van der Waals surface area (Å²) < 4.78 is 2.28. The summed E-state index contributed by atoms with van der Waals surface area (Å²) in [6, 6.07) is 19.0. The van der Waals surface area contributed by atoms with E-state index in [0.29, 0.717) is 6.04 Å². The first-order chi connectivity index (χ1) is 8.75. The average Bonchev–Trinajstić information content (AvgIpc) is 2.81. The molecule has 0 saturated heterocycles. The van der Waals surface area contributed by atoms with Gasteiger partial charge in [0.25, 0.3) is 0 Å². The maximum absolute atomic E-state index is 6.02. The molecule has 1 heterocycles. The Morgan fingerprint density at radius 3 is 2.56 bits per heavy atom. The van der Waals surface area contributed by atoms with Crippen molar-refractivity contribution in [3.05, 3.63) is 71.4 Å². The molecular weight excluding hydrogens is 242 g/mol. The van der Waals surface area contributed by atoms with Gasteiger partial charge in [-0.05, 0) is 36.8 Å². The Bertz CT molecular complexity index is 670. The van der Waals surface area contributed by atoms with Crippen molar-refractivity contribution in [3.8, 4) is 0 Å². The maximum Gasteiger partial charge on any atom is 0.0557 e. The van der Waals surface area contributed by atoms with Crippen LogP contribution in [-0.4, -0.2) is 4.57 Å². The van der Waals surface area contributed by atoms with Gasteiger partial charge in [0, 0.05) is 22.1 Å². The second-order valence-corrected chi connectivity index (χ2v) is 4.95. The number of benzene rings is 2. The minimum absolute atomic E-state index is 0.324. The summed E-state index contributed by atoms with van der Waals surface area (Å²) in [4.78, 5) is 0. The topological polar surface area (TPSA) is 4.93 Å². The Kier molecular flexibility index (Phi) is 2.85. The highest BCUT2D eigenvalue weighted by Gasteiger charge is 2.09. The Morgan fingerprint density at radius 2 is 1.78 bits per heavy atom. The molecule has 1 aromatic heterocycles. The summed E-state index contributed by atoms with van der Waals surface area (Å²) >= 11 is 6.02. The van der Waals surface area contributed by atoms with Crippen LogP contribution in [0, 0.1) is 0 Å². The van der Waals surface area contributed by atoms with Gasteiger partial charge in [-0.3, -0.25) is 0 Å². The van der Waals surface area contributed by atoms with E-state index in [-0.39, 0.29) is 0 Å². The van der Waals surface area contributed by atoms with Gasteiger partial charge >= 0.3 is 0 Å². The van der Waals surface area contributed by atoms with Gasteiger partial charge in [0.1, 0.15) is 0 Å². The lowest BCUT2D eigenvalue weighted by molar-refractivity contribution is 0.664. The molecule has 0 N–H and O–H groups in total.